The monoisotopic (exact) mass is 977 g/mol. The van der Waals surface area contributed by atoms with E-state index in [4.69, 9.17) is 4.74 Å². The fourth-order valence-electron chi connectivity index (χ4n) is 11.3. The van der Waals surface area contributed by atoms with Crippen LogP contribution >= 0.6 is 0 Å². The van der Waals surface area contributed by atoms with E-state index in [1.54, 1.807) is 7.11 Å². The van der Waals surface area contributed by atoms with Gasteiger partial charge in [0.25, 0.3) is 0 Å². The molecule has 0 heterocycles. The number of hydrogen-bond acceptors (Lipinski definition) is 2. The summed E-state index contributed by atoms with van der Waals surface area (Å²) < 4.78 is 5.73. The molecular weight excluding hydrogens is 919 g/mol. The van der Waals surface area contributed by atoms with Gasteiger partial charge >= 0.3 is 0 Å². The predicted octanol–water partition coefficient (Wildman–Crippen LogP) is 19.9. The molecule has 0 fully saturated rings. The number of rotatable bonds is 13. The van der Waals surface area contributed by atoms with Gasteiger partial charge in [-0.25, -0.2) is 0 Å². The topological polar surface area (TPSA) is 12.5 Å². The predicted molar refractivity (Wildman–Crippen MR) is 325 cm³/mol. The van der Waals surface area contributed by atoms with E-state index in [9.17, 15) is 0 Å². The molecular formula is C74H59NO. The van der Waals surface area contributed by atoms with E-state index in [-0.39, 0.29) is 0 Å². The highest BCUT2D eigenvalue weighted by Crippen LogP contribution is 2.43. The van der Waals surface area contributed by atoms with Crippen molar-refractivity contribution >= 4 is 72.7 Å². The molecule has 12 rings (SSSR count). The average Bonchev–Trinajstić information content (AvgIpc) is 3.48. The first-order valence-corrected chi connectivity index (χ1v) is 26.6. The van der Waals surface area contributed by atoms with Gasteiger partial charge in [-0.1, -0.05) is 218 Å². The number of allylic oxidation sites excluding steroid dienone is 4. The zero-order chi connectivity index (χ0) is 51.2. The fourth-order valence-corrected chi connectivity index (χ4v) is 11.3. The highest BCUT2D eigenvalue weighted by Gasteiger charge is 2.22. The van der Waals surface area contributed by atoms with Crippen LogP contribution in [0.5, 0.6) is 5.75 Å². The third-order valence-electron chi connectivity index (χ3n) is 15.1. The number of hydrogen-bond donors (Lipinski definition) is 0. The number of aryl methyl sites for hydroxylation is 1. The van der Waals surface area contributed by atoms with Crippen LogP contribution in [0.15, 0.2) is 266 Å². The number of anilines is 3. The lowest BCUT2D eigenvalue weighted by Crippen LogP contribution is -2.13. The van der Waals surface area contributed by atoms with Gasteiger partial charge in [0.2, 0.25) is 0 Å². The summed E-state index contributed by atoms with van der Waals surface area (Å²) in [5, 5.41) is 7.25. The summed E-state index contributed by atoms with van der Waals surface area (Å²) in [5.74, 6) is 0.879. The van der Waals surface area contributed by atoms with Gasteiger partial charge in [0.1, 0.15) is 5.75 Å². The number of benzene rings is 11. The molecule has 1 aliphatic carbocycles. The Morgan fingerprint density at radius 2 is 1.03 bits per heavy atom. The molecule has 11 aromatic carbocycles. The van der Waals surface area contributed by atoms with Crippen LogP contribution in [0, 0.1) is 0 Å². The first kappa shape index (κ1) is 47.7. The maximum atomic E-state index is 5.73. The maximum Gasteiger partial charge on any atom is 0.126 e. The normalized spacial score (nSPS) is 12.6. The van der Waals surface area contributed by atoms with Crippen molar-refractivity contribution in [2.24, 2.45) is 0 Å². The maximum absolute atomic E-state index is 5.73. The van der Waals surface area contributed by atoms with Gasteiger partial charge < -0.3 is 9.64 Å². The molecule has 366 valence electrons. The van der Waals surface area contributed by atoms with E-state index in [0.29, 0.717) is 0 Å². The Bertz CT molecular complexity index is 3960. The lowest BCUT2D eigenvalue weighted by atomic mass is 9.84. The van der Waals surface area contributed by atoms with Crippen molar-refractivity contribution in [1.29, 1.82) is 0 Å². The summed E-state index contributed by atoms with van der Waals surface area (Å²) in [6.07, 6.45) is 15.7. The second-order valence-electron chi connectivity index (χ2n) is 19.9. The third-order valence-corrected chi connectivity index (χ3v) is 15.1. The molecule has 2 heteroatoms. The molecule has 0 N–H and O–H groups in total. The Morgan fingerprint density at radius 1 is 0.434 bits per heavy atom. The van der Waals surface area contributed by atoms with E-state index < -0.39 is 0 Å². The lowest BCUT2D eigenvalue weighted by molar-refractivity contribution is 0.420. The minimum atomic E-state index is 0.879. The second-order valence-corrected chi connectivity index (χ2v) is 19.9. The molecule has 0 saturated heterocycles. The molecule has 0 spiro atoms. The van der Waals surface area contributed by atoms with Gasteiger partial charge in [-0.05, 0) is 186 Å². The number of methoxy groups -OCH3 is 1. The third kappa shape index (κ3) is 9.94. The van der Waals surface area contributed by atoms with Gasteiger partial charge in [0, 0.05) is 22.4 Å². The van der Waals surface area contributed by atoms with Crippen molar-refractivity contribution in [3.05, 3.63) is 311 Å². The minimum Gasteiger partial charge on any atom is -0.496 e. The zero-order valence-electron chi connectivity index (χ0n) is 43.2. The van der Waals surface area contributed by atoms with Gasteiger partial charge in [-0.15, -0.1) is 0 Å². The molecule has 0 aromatic heterocycles. The van der Waals surface area contributed by atoms with Crippen LogP contribution in [0.2, 0.25) is 0 Å². The van der Waals surface area contributed by atoms with Gasteiger partial charge in [0.05, 0.1) is 7.11 Å². The Balaban J connectivity index is 0.926. The lowest BCUT2D eigenvalue weighted by Gasteiger charge is -2.29. The van der Waals surface area contributed by atoms with Gasteiger partial charge in [-0.2, -0.15) is 0 Å². The summed E-state index contributed by atoms with van der Waals surface area (Å²) in [6, 6.07) is 88.3. The summed E-state index contributed by atoms with van der Waals surface area (Å²) in [6.45, 7) is 2.22. The quantitative estimate of drug-likeness (QED) is 0.107. The Labute approximate surface area is 447 Å². The van der Waals surface area contributed by atoms with Crippen molar-refractivity contribution in [2.75, 3.05) is 12.0 Å². The molecule has 0 radical (unpaired) electrons. The Hall–Kier alpha value is -9.24. The zero-order valence-corrected chi connectivity index (χ0v) is 43.2. The molecule has 0 saturated carbocycles. The molecule has 0 atom stereocenters. The van der Waals surface area contributed by atoms with Crippen LogP contribution in [-0.4, -0.2) is 7.11 Å². The van der Waals surface area contributed by atoms with E-state index in [1.165, 1.54) is 90.2 Å². The second kappa shape index (κ2) is 21.7. The molecule has 76 heavy (non-hydrogen) atoms. The highest BCUT2D eigenvalue weighted by atomic mass is 16.5. The van der Waals surface area contributed by atoms with Crippen LogP contribution in [0.4, 0.5) is 17.1 Å². The molecule has 2 nitrogen and oxygen atoms in total. The number of fused-ring (bicyclic) bond motifs is 4. The Morgan fingerprint density at radius 3 is 1.75 bits per heavy atom. The molecule has 0 amide bonds. The largest absolute Gasteiger partial charge is 0.496 e. The van der Waals surface area contributed by atoms with Crippen LogP contribution in [0.25, 0.3) is 66.7 Å². The van der Waals surface area contributed by atoms with Crippen molar-refractivity contribution in [2.45, 2.75) is 32.6 Å². The summed E-state index contributed by atoms with van der Waals surface area (Å²) in [4.78, 5) is 2.45. The van der Waals surface area contributed by atoms with Gasteiger partial charge in [0.15, 0.2) is 0 Å². The standard InChI is InChI=1S/C74H59NO/c1-52(74(57-21-5-3-6-22-57)58-23-7-4-8-24-58)34-35-54-38-45-65(46-39-54)75(66-50-61-26-12-14-30-69(61)72(51-66)71-32-16-27-56-20-11-13-29-68(56)71)64-43-36-53(37-44-64)18-15-31-67(62-41-40-55-19-9-10-25-59(55)48-62)63-42-47-70-60(49-63)28-17-33-73(70)76-2/h3-11,13,15-25,27-29,31-51H,12,14,26,30H2,1-2H3/b18-15+,35-34+,67-31+. The van der Waals surface area contributed by atoms with Crippen LogP contribution in [0.1, 0.15) is 64.3 Å². The fraction of sp³-hybridized carbons (Fsp3) is 0.0811. The van der Waals surface area contributed by atoms with Crippen molar-refractivity contribution < 1.29 is 4.74 Å². The van der Waals surface area contributed by atoms with Crippen LogP contribution in [-0.2, 0) is 12.8 Å². The minimum absolute atomic E-state index is 0.879. The molecule has 0 aliphatic heterocycles. The van der Waals surface area contributed by atoms with E-state index >= 15 is 0 Å². The number of ether oxygens (including phenoxy) is 1. The first-order chi connectivity index (χ1) is 37.5. The van der Waals surface area contributed by atoms with E-state index in [0.717, 1.165) is 63.0 Å². The summed E-state index contributed by atoms with van der Waals surface area (Å²) in [7, 11) is 1.74. The molecule has 0 bridgehead atoms. The first-order valence-electron chi connectivity index (χ1n) is 26.6. The van der Waals surface area contributed by atoms with Crippen LogP contribution < -0.4 is 9.64 Å². The van der Waals surface area contributed by atoms with Crippen molar-refractivity contribution in [3.63, 3.8) is 0 Å². The van der Waals surface area contributed by atoms with E-state index in [1.807, 2.05) is 6.07 Å². The SMILES string of the molecule is COc1cccc2cc(/C(=C/C=C/c3ccc(N(c4ccc(/C=C/C(C)=C(c5ccccc5)c5ccccc5)cc4)c4cc5c(c(-c6cccc7ccccc67)c4)CCCC5)cc3)c3ccc4ccccc4c3)ccc12. The van der Waals surface area contributed by atoms with Crippen molar-refractivity contribution in [1.82, 2.24) is 0 Å². The Kier molecular flexibility index (Phi) is 13.6. The summed E-state index contributed by atoms with van der Waals surface area (Å²) in [5.41, 5.74) is 19.6. The van der Waals surface area contributed by atoms with E-state index in [2.05, 4.69) is 279 Å². The summed E-state index contributed by atoms with van der Waals surface area (Å²) >= 11 is 0. The van der Waals surface area contributed by atoms with Crippen LogP contribution in [0.3, 0.4) is 0 Å². The molecule has 0 unspecified atom stereocenters. The molecule has 11 aromatic rings. The van der Waals surface area contributed by atoms with Crippen molar-refractivity contribution in [3.8, 4) is 16.9 Å². The van der Waals surface area contributed by atoms with Gasteiger partial charge in [-0.3, -0.25) is 0 Å². The highest BCUT2D eigenvalue weighted by molar-refractivity contribution is 5.99. The average molecular weight is 978 g/mol. The smallest absolute Gasteiger partial charge is 0.126 e. The molecule has 1 aliphatic rings. The number of nitrogens with zero attached hydrogens (tertiary/aromatic N) is 1.